The highest BCUT2D eigenvalue weighted by molar-refractivity contribution is 6.30. The summed E-state index contributed by atoms with van der Waals surface area (Å²) in [5.74, 6) is -2.35. The van der Waals surface area contributed by atoms with Crippen LogP contribution in [0.3, 0.4) is 0 Å². The number of aliphatic carboxylic acids is 1. The number of carbonyl (C=O) groups is 2. The second-order valence-corrected chi connectivity index (χ2v) is 5.10. The topological polar surface area (TPSA) is 82.1 Å². The lowest BCUT2D eigenvalue weighted by atomic mass is 9.79. The molecule has 19 heavy (non-hydrogen) atoms. The summed E-state index contributed by atoms with van der Waals surface area (Å²) >= 11 is 5.70. The molecule has 0 aromatic carbocycles. The first-order chi connectivity index (χ1) is 9.08. The lowest BCUT2D eigenvalue weighted by molar-refractivity contribution is -0.313. The molecule has 1 heterocycles. The van der Waals surface area contributed by atoms with E-state index in [9.17, 15) is 14.7 Å². The fourth-order valence-electron chi connectivity index (χ4n) is 2.40. The highest BCUT2D eigenvalue weighted by Crippen LogP contribution is 2.30. The van der Waals surface area contributed by atoms with Gasteiger partial charge in [0.05, 0.1) is 5.02 Å². The first kappa shape index (κ1) is 13.8. The van der Waals surface area contributed by atoms with Gasteiger partial charge in [-0.15, -0.1) is 0 Å². The number of nitrogens with zero attached hydrogens (tertiary/aromatic N) is 1. The Morgan fingerprint density at radius 1 is 1.26 bits per heavy atom. The molecule has 1 N–H and O–H groups in total. The van der Waals surface area contributed by atoms with Crippen molar-refractivity contribution in [2.75, 3.05) is 5.32 Å². The summed E-state index contributed by atoms with van der Waals surface area (Å²) in [6.07, 6.45) is 4.17. The molecule has 1 aromatic heterocycles. The zero-order valence-corrected chi connectivity index (χ0v) is 11.0. The number of nitrogens with one attached hydrogen (secondary N) is 1. The third-order valence-corrected chi connectivity index (χ3v) is 3.61. The number of carbonyl (C=O) groups excluding carboxylic acids is 2. The first-order valence-corrected chi connectivity index (χ1v) is 6.59. The molecule has 1 saturated carbocycles. The molecule has 1 fully saturated rings. The maximum atomic E-state index is 12.1. The second-order valence-electron chi connectivity index (χ2n) is 4.67. The van der Waals surface area contributed by atoms with E-state index < -0.39 is 17.8 Å². The Balaban J connectivity index is 2.05. The minimum absolute atomic E-state index is 0.316. The van der Waals surface area contributed by atoms with E-state index in [2.05, 4.69) is 10.3 Å². The van der Waals surface area contributed by atoms with Crippen LogP contribution in [0.4, 0.5) is 5.82 Å². The van der Waals surface area contributed by atoms with Crippen LogP contribution in [-0.4, -0.2) is 16.9 Å². The van der Waals surface area contributed by atoms with Crippen molar-refractivity contribution in [2.45, 2.75) is 25.7 Å². The van der Waals surface area contributed by atoms with E-state index in [-0.39, 0.29) is 5.91 Å². The SMILES string of the molecule is O=C([O-])[C@@H]1CCCC[C@H]1C(=O)Nc1ccc(Cl)cn1. The van der Waals surface area contributed by atoms with E-state index in [1.165, 1.54) is 6.20 Å². The normalized spacial score (nSPS) is 22.8. The minimum atomic E-state index is -1.15. The Morgan fingerprint density at radius 3 is 2.53 bits per heavy atom. The number of hydrogen-bond acceptors (Lipinski definition) is 4. The van der Waals surface area contributed by atoms with Gasteiger partial charge in [-0.1, -0.05) is 24.4 Å². The molecule has 2 atom stereocenters. The van der Waals surface area contributed by atoms with Crippen LogP contribution < -0.4 is 10.4 Å². The fourth-order valence-corrected chi connectivity index (χ4v) is 2.51. The summed E-state index contributed by atoms with van der Waals surface area (Å²) in [6, 6.07) is 3.19. The molecule has 0 unspecified atom stereocenters. The summed E-state index contributed by atoms with van der Waals surface area (Å²) in [5.41, 5.74) is 0. The lowest BCUT2D eigenvalue weighted by Gasteiger charge is -2.30. The van der Waals surface area contributed by atoms with Crippen LogP contribution in [-0.2, 0) is 9.59 Å². The van der Waals surface area contributed by atoms with Crippen molar-refractivity contribution in [3.8, 4) is 0 Å². The zero-order chi connectivity index (χ0) is 13.8. The summed E-state index contributed by atoms with van der Waals surface area (Å²) in [4.78, 5) is 27.1. The fraction of sp³-hybridized carbons (Fsp3) is 0.462. The van der Waals surface area contributed by atoms with Gasteiger partial charge < -0.3 is 15.2 Å². The van der Waals surface area contributed by atoms with Crippen molar-refractivity contribution in [3.05, 3.63) is 23.4 Å². The van der Waals surface area contributed by atoms with Gasteiger partial charge in [-0.05, 0) is 25.0 Å². The maximum absolute atomic E-state index is 12.1. The molecule has 1 aliphatic carbocycles. The molecule has 0 saturated heterocycles. The molecule has 102 valence electrons. The molecular weight excluding hydrogens is 268 g/mol. The van der Waals surface area contributed by atoms with Crippen molar-refractivity contribution in [1.82, 2.24) is 4.98 Å². The van der Waals surface area contributed by atoms with Crippen LogP contribution in [0.25, 0.3) is 0 Å². The van der Waals surface area contributed by atoms with Crippen LogP contribution in [0, 0.1) is 11.8 Å². The van der Waals surface area contributed by atoms with E-state index >= 15 is 0 Å². The van der Waals surface area contributed by atoms with Crippen LogP contribution in [0.1, 0.15) is 25.7 Å². The number of anilines is 1. The van der Waals surface area contributed by atoms with Crippen molar-refractivity contribution in [2.24, 2.45) is 11.8 Å². The Labute approximate surface area is 116 Å². The third kappa shape index (κ3) is 3.44. The summed E-state index contributed by atoms with van der Waals surface area (Å²) in [5, 5.41) is 14.1. The van der Waals surface area contributed by atoms with Crippen LogP contribution in [0.2, 0.25) is 5.02 Å². The molecule has 2 rings (SSSR count). The van der Waals surface area contributed by atoms with Gasteiger partial charge in [0, 0.05) is 24.0 Å². The zero-order valence-electron chi connectivity index (χ0n) is 10.3. The standard InChI is InChI=1S/C13H15ClN2O3/c14-8-5-6-11(15-7-8)16-12(17)9-3-1-2-4-10(9)13(18)19/h5-7,9-10H,1-4H2,(H,18,19)(H,15,16,17)/p-1/t9-,10-/m1/s1. The van der Waals surface area contributed by atoms with Crippen LogP contribution >= 0.6 is 11.6 Å². The average molecular weight is 282 g/mol. The monoisotopic (exact) mass is 281 g/mol. The highest BCUT2D eigenvalue weighted by Gasteiger charge is 2.31. The molecule has 0 aliphatic heterocycles. The Hall–Kier alpha value is -1.62. The lowest BCUT2D eigenvalue weighted by Crippen LogP contribution is -2.42. The molecule has 1 aromatic rings. The number of rotatable bonds is 3. The summed E-state index contributed by atoms with van der Waals surface area (Å²) < 4.78 is 0. The predicted molar refractivity (Wildman–Crippen MR) is 68.3 cm³/mol. The molecule has 1 amide bonds. The first-order valence-electron chi connectivity index (χ1n) is 6.21. The second kappa shape index (κ2) is 6.02. The third-order valence-electron chi connectivity index (χ3n) is 3.38. The van der Waals surface area contributed by atoms with Crippen LogP contribution in [0.15, 0.2) is 18.3 Å². The van der Waals surface area contributed by atoms with Gasteiger partial charge in [0.25, 0.3) is 0 Å². The van der Waals surface area contributed by atoms with E-state index in [1.54, 1.807) is 12.1 Å². The van der Waals surface area contributed by atoms with Gasteiger partial charge in [-0.25, -0.2) is 4.98 Å². The van der Waals surface area contributed by atoms with Gasteiger partial charge in [0.2, 0.25) is 5.91 Å². The quantitative estimate of drug-likeness (QED) is 0.903. The van der Waals surface area contributed by atoms with Crippen LogP contribution in [0.5, 0.6) is 0 Å². The van der Waals surface area contributed by atoms with Crippen molar-refractivity contribution in [3.63, 3.8) is 0 Å². The number of hydrogen-bond donors (Lipinski definition) is 1. The number of halogens is 1. The molecule has 0 radical (unpaired) electrons. The van der Waals surface area contributed by atoms with Gasteiger partial charge in [-0.3, -0.25) is 4.79 Å². The summed E-state index contributed by atoms with van der Waals surface area (Å²) in [7, 11) is 0. The van der Waals surface area contributed by atoms with Crippen molar-refractivity contribution in [1.29, 1.82) is 0 Å². The van der Waals surface area contributed by atoms with E-state index in [0.717, 1.165) is 12.8 Å². The molecule has 0 bridgehead atoms. The molecule has 6 heteroatoms. The largest absolute Gasteiger partial charge is 0.550 e. The Bertz CT molecular complexity index is 475. The Kier molecular flexibility index (Phi) is 4.37. The number of amides is 1. The smallest absolute Gasteiger partial charge is 0.229 e. The number of pyridine rings is 1. The number of carboxylic acids is 1. The molecule has 5 nitrogen and oxygen atoms in total. The molecular formula is C13H14ClN2O3-. The number of carboxylic acid groups (broad SMARTS) is 1. The van der Waals surface area contributed by atoms with E-state index in [1.807, 2.05) is 0 Å². The van der Waals surface area contributed by atoms with Gasteiger partial charge in [0.15, 0.2) is 0 Å². The van der Waals surface area contributed by atoms with Gasteiger partial charge >= 0.3 is 0 Å². The highest BCUT2D eigenvalue weighted by atomic mass is 35.5. The van der Waals surface area contributed by atoms with E-state index in [0.29, 0.717) is 23.7 Å². The maximum Gasteiger partial charge on any atom is 0.229 e. The minimum Gasteiger partial charge on any atom is -0.550 e. The average Bonchev–Trinajstić information content (AvgIpc) is 2.41. The van der Waals surface area contributed by atoms with E-state index in [4.69, 9.17) is 11.6 Å². The van der Waals surface area contributed by atoms with Crippen molar-refractivity contribution < 1.29 is 14.7 Å². The van der Waals surface area contributed by atoms with Gasteiger partial charge in [-0.2, -0.15) is 0 Å². The number of aromatic nitrogens is 1. The molecule has 1 aliphatic rings. The molecule has 0 spiro atoms. The predicted octanol–water partition coefficient (Wildman–Crippen LogP) is 1.23. The van der Waals surface area contributed by atoms with Crippen molar-refractivity contribution >= 4 is 29.3 Å². The summed E-state index contributed by atoms with van der Waals surface area (Å²) in [6.45, 7) is 0. The van der Waals surface area contributed by atoms with Gasteiger partial charge in [0.1, 0.15) is 5.82 Å². The Morgan fingerprint density at radius 2 is 1.95 bits per heavy atom.